The van der Waals surface area contributed by atoms with Gasteiger partial charge in [-0.25, -0.2) is 9.78 Å². The lowest BCUT2D eigenvalue weighted by atomic mass is 9.85. The van der Waals surface area contributed by atoms with E-state index in [2.05, 4.69) is 31.6 Å². The number of hydrogen-bond donors (Lipinski definition) is 6. The SMILES string of the molecule is CCC[C@@H](NC(=O)[C@@H]1C[C@@H](Oc2cc(N/C=C\C=N)nc3cc(OC)ccc23)CN1C(=O)[C@@H](NC(=O)NC(C)(C)C)C(C)(C)C)C(=O)C(=O)NC1CC1. The minimum atomic E-state index is -1.09. The van der Waals surface area contributed by atoms with Crippen molar-refractivity contribution in [1.82, 2.24) is 31.2 Å². The van der Waals surface area contributed by atoms with E-state index in [0.717, 1.165) is 19.1 Å². The molecule has 1 aliphatic carbocycles. The molecule has 2 aromatic rings. The highest BCUT2D eigenvalue weighted by Crippen LogP contribution is 2.34. The van der Waals surface area contributed by atoms with Gasteiger partial charge >= 0.3 is 6.03 Å². The number of rotatable bonds is 15. The van der Waals surface area contributed by atoms with Crippen LogP contribution >= 0.6 is 0 Å². The molecule has 1 aliphatic heterocycles. The lowest BCUT2D eigenvalue weighted by molar-refractivity contribution is -0.144. The van der Waals surface area contributed by atoms with Crippen LogP contribution in [0.3, 0.4) is 0 Å². The maximum Gasteiger partial charge on any atom is 0.315 e. The van der Waals surface area contributed by atoms with E-state index in [-0.39, 0.29) is 25.4 Å². The number of anilines is 1. The number of nitrogens with one attached hydrogen (secondary N) is 6. The first-order valence-corrected chi connectivity index (χ1v) is 18.1. The lowest BCUT2D eigenvalue weighted by Crippen LogP contribution is -2.61. The Morgan fingerprint density at radius 3 is 2.38 bits per heavy atom. The highest BCUT2D eigenvalue weighted by atomic mass is 16.5. The van der Waals surface area contributed by atoms with Crippen LogP contribution in [0.25, 0.3) is 10.9 Å². The van der Waals surface area contributed by atoms with Crippen molar-refractivity contribution in [2.24, 2.45) is 5.41 Å². The molecule has 2 heterocycles. The van der Waals surface area contributed by atoms with Gasteiger partial charge in [-0.3, -0.25) is 19.2 Å². The van der Waals surface area contributed by atoms with Gasteiger partial charge in [0, 0.05) is 47.9 Å². The minimum Gasteiger partial charge on any atom is -0.497 e. The predicted octanol–water partition coefficient (Wildman–Crippen LogP) is 3.81. The van der Waals surface area contributed by atoms with Crippen LogP contribution < -0.4 is 36.1 Å². The Hall–Kier alpha value is -5.21. The normalized spacial score (nSPS) is 18.5. The summed E-state index contributed by atoms with van der Waals surface area (Å²) in [6.07, 6.45) is 5.89. The number of ether oxygens (including phenoxy) is 2. The zero-order chi connectivity index (χ0) is 39.1. The third kappa shape index (κ3) is 11.1. The summed E-state index contributed by atoms with van der Waals surface area (Å²) >= 11 is 0. The Bertz CT molecular complexity index is 1730. The first kappa shape index (κ1) is 40.6. The maximum atomic E-state index is 14.5. The van der Waals surface area contributed by atoms with Gasteiger partial charge in [0.15, 0.2) is 0 Å². The van der Waals surface area contributed by atoms with Crippen molar-refractivity contribution in [3.63, 3.8) is 0 Å². The number of carbonyl (C=O) groups is 5. The van der Waals surface area contributed by atoms with E-state index >= 15 is 0 Å². The van der Waals surface area contributed by atoms with Crippen LogP contribution in [0.4, 0.5) is 10.6 Å². The largest absolute Gasteiger partial charge is 0.497 e. The van der Waals surface area contributed by atoms with Gasteiger partial charge in [0.05, 0.1) is 25.2 Å². The highest BCUT2D eigenvalue weighted by molar-refractivity contribution is 6.38. The molecular weight excluding hydrogens is 680 g/mol. The lowest BCUT2D eigenvalue weighted by Gasteiger charge is -2.36. The molecule has 4 rings (SSSR count). The number of amides is 5. The number of pyridine rings is 1. The molecule has 2 aliphatic rings. The number of urea groups is 1. The van der Waals surface area contributed by atoms with E-state index in [1.165, 1.54) is 11.0 Å². The number of likely N-dealkylation sites (tertiary alicyclic amines) is 1. The van der Waals surface area contributed by atoms with Gasteiger partial charge in [0.25, 0.3) is 5.91 Å². The van der Waals surface area contributed by atoms with Crippen LogP contribution in [-0.4, -0.2) is 95.1 Å². The van der Waals surface area contributed by atoms with Crippen molar-refractivity contribution >= 4 is 52.5 Å². The van der Waals surface area contributed by atoms with Crippen LogP contribution in [0.1, 0.15) is 80.6 Å². The summed E-state index contributed by atoms with van der Waals surface area (Å²) in [5.41, 5.74) is -0.781. The van der Waals surface area contributed by atoms with Crippen LogP contribution in [0, 0.1) is 10.8 Å². The number of carbonyl (C=O) groups excluding carboxylic acids is 5. The van der Waals surface area contributed by atoms with Crippen LogP contribution in [0.15, 0.2) is 36.5 Å². The molecular formula is C38H54N8O7. The molecule has 1 saturated carbocycles. The van der Waals surface area contributed by atoms with Gasteiger partial charge in [-0.15, -0.1) is 0 Å². The second kappa shape index (κ2) is 17.1. The molecule has 5 amide bonds. The molecule has 15 heteroatoms. The van der Waals surface area contributed by atoms with Gasteiger partial charge in [0.2, 0.25) is 17.6 Å². The average molecular weight is 735 g/mol. The van der Waals surface area contributed by atoms with Crippen molar-refractivity contribution in [2.75, 3.05) is 19.0 Å². The fourth-order valence-corrected chi connectivity index (χ4v) is 6.00. The number of benzene rings is 1. The monoisotopic (exact) mass is 734 g/mol. The number of nitrogens with zero attached hydrogens (tertiary/aromatic N) is 2. The number of ketones is 1. The molecule has 1 saturated heterocycles. The van der Waals surface area contributed by atoms with E-state index in [0.29, 0.717) is 34.6 Å². The Morgan fingerprint density at radius 2 is 1.77 bits per heavy atom. The molecule has 0 spiro atoms. The van der Waals surface area contributed by atoms with E-state index in [4.69, 9.17) is 14.9 Å². The van der Waals surface area contributed by atoms with Crippen molar-refractivity contribution in [1.29, 1.82) is 5.41 Å². The molecule has 4 atom stereocenters. The van der Waals surface area contributed by atoms with Gasteiger partial charge in [-0.1, -0.05) is 34.1 Å². The summed E-state index contributed by atoms with van der Waals surface area (Å²) in [7, 11) is 1.55. The molecule has 0 radical (unpaired) electrons. The molecule has 0 unspecified atom stereocenters. The van der Waals surface area contributed by atoms with Crippen molar-refractivity contribution in [2.45, 2.75) is 116 Å². The third-order valence-electron chi connectivity index (χ3n) is 8.77. The number of Topliss-reactive ketones (excluding diaryl/α,β-unsaturated/α-hetero) is 1. The first-order chi connectivity index (χ1) is 24.9. The zero-order valence-electron chi connectivity index (χ0n) is 31.9. The molecule has 15 nitrogen and oxygen atoms in total. The van der Waals surface area contributed by atoms with Gasteiger partial charge in [-0.2, -0.15) is 0 Å². The Kier molecular flexibility index (Phi) is 13.1. The van der Waals surface area contributed by atoms with E-state index in [1.807, 2.05) is 48.5 Å². The van der Waals surface area contributed by atoms with Gasteiger partial charge < -0.3 is 46.4 Å². The Labute approximate surface area is 310 Å². The quantitative estimate of drug-likeness (QED) is 0.116. The summed E-state index contributed by atoms with van der Waals surface area (Å²) in [6.45, 7) is 12.8. The second-order valence-corrected chi connectivity index (χ2v) is 15.7. The topological polar surface area (TPSA) is 204 Å². The molecule has 0 bridgehead atoms. The molecule has 1 aromatic carbocycles. The van der Waals surface area contributed by atoms with Crippen molar-refractivity contribution in [3.05, 3.63) is 36.5 Å². The number of methoxy groups -OCH3 is 1. The fraction of sp³-hybridized carbons (Fsp3) is 0.553. The summed E-state index contributed by atoms with van der Waals surface area (Å²) < 4.78 is 12.0. The van der Waals surface area contributed by atoms with Gasteiger partial charge in [-0.05, 0) is 63.7 Å². The average Bonchev–Trinajstić information content (AvgIpc) is 3.80. The van der Waals surface area contributed by atoms with Crippen LogP contribution in [0.2, 0.25) is 0 Å². The molecule has 53 heavy (non-hydrogen) atoms. The van der Waals surface area contributed by atoms with Crippen molar-refractivity contribution in [3.8, 4) is 11.5 Å². The van der Waals surface area contributed by atoms with E-state index in [1.54, 1.807) is 37.6 Å². The van der Waals surface area contributed by atoms with E-state index in [9.17, 15) is 24.0 Å². The maximum absolute atomic E-state index is 14.5. The standard InChI is InChI=1S/C38H54N8O7/c1-9-11-26(31(47)34(49)41-22-12-13-22)43-33(48)28-19-24(21-46(28)35(50)32(37(2,3)4)44-36(51)45-38(5,6)7)53-29-20-30(40-17-10-16-39)42-27-18-23(52-8)14-15-25(27)29/h10,14-18,20,22,24,26,28,32,39H,9,11-13,19,21H2,1-8H3,(H,40,42)(H,41,49)(H,43,48)(H2,44,45,51)/b17-10-,39-16?/t24-,26-,28+,32-/m1/s1. The number of hydrogen-bond acceptors (Lipinski definition) is 10. The summed E-state index contributed by atoms with van der Waals surface area (Å²) in [5, 5.41) is 22.1. The fourth-order valence-electron chi connectivity index (χ4n) is 6.00. The third-order valence-corrected chi connectivity index (χ3v) is 8.77. The van der Waals surface area contributed by atoms with Crippen molar-refractivity contribution < 1.29 is 33.4 Å². The Balaban J connectivity index is 1.69. The number of aromatic nitrogens is 1. The van der Waals surface area contributed by atoms with Crippen LogP contribution in [-0.2, 0) is 19.2 Å². The highest BCUT2D eigenvalue weighted by Gasteiger charge is 2.47. The van der Waals surface area contributed by atoms with Crippen LogP contribution in [0.5, 0.6) is 11.5 Å². The molecule has 2 fully saturated rings. The summed E-state index contributed by atoms with van der Waals surface area (Å²) in [4.78, 5) is 73.8. The summed E-state index contributed by atoms with van der Waals surface area (Å²) in [6, 6.07) is 3.23. The smallest absolute Gasteiger partial charge is 0.315 e. The summed E-state index contributed by atoms with van der Waals surface area (Å²) in [5.74, 6) is -1.16. The molecule has 1 aromatic heterocycles. The van der Waals surface area contributed by atoms with E-state index < -0.39 is 64.7 Å². The molecule has 6 N–H and O–H groups in total. The zero-order valence-corrected chi connectivity index (χ0v) is 31.9. The second-order valence-electron chi connectivity index (χ2n) is 15.7. The predicted molar refractivity (Wildman–Crippen MR) is 202 cm³/mol. The molecule has 288 valence electrons. The minimum absolute atomic E-state index is 0.0168. The Morgan fingerprint density at radius 1 is 1.06 bits per heavy atom. The number of allylic oxidation sites excluding steroid dienone is 1. The first-order valence-electron chi connectivity index (χ1n) is 18.1. The van der Waals surface area contributed by atoms with Gasteiger partial charge in [0.1, 0.15) is 35.5 Å². The number of fused-ring (bicyclic) bond motifs is 1.